The Balaban J connectivity index is 0.000001000. The van der Waals surface area contributed by atoms with Crippen molar-refractivity contribution in [1.82, 2.24) is 5.32 Å². The Labute approximate surface area is 116 Å². The molecular weight excluding hydrogens is 242 g/mol. The van der Waals surface area contributed by atoms with Crippen LogP contribution in [0.5, 0.6) is 0 Å². The number of halogens is 1. The second-order valence-corrected chi connectivity index (χ2v) is 6.53. The van der Waals surface area contributed by atoms with Gasteiger partial charge in [-0.2, -0.15) is 0 Å². The molecule has 4 rings (SSSR count). The van der Waals surface area contributed by atoms with Crippen LogP contribution in [0.2, 0.25) is 0 Å². The van der Waals surface area contributed by atoms with E-state index in [1.807, 2.05) is 0 Å². The molecule has 2 aliphatic carbocycles. The third kappa shape index (κ3) is 1.71. The van der Waals surface area contributed by atoms with Crippen molar-refractivity contribution in [3.8, 4) is 0 Å². The van der Waals surface area contributed by atoms with E-state index in [1.165, 1.54) is 38.8 Å². The predicted octanol–water partition coefficient (Wildman–Crippen LogP) is 3.63. The first-order valence-electron chi connectivity index (χ1n) is 7.10. The molecule has 1 saturated heterocycles. The molecule has 0 bridgehead atoms. The van der Waals surface area contributed by atoms with Crippen molar-refractivity contribution in [2.45, 2.75) is 44.4 Å². The van der Waals surface area contributed by atoms with Crippen LogP contribution in [0.4, 0.5) is 0 Å². The smallest absolute Gasteiger partial charge is 0.00323 e. The number of hydrogen-bond acceptors (Lipinski definition) is 1. The van der Waals surface area contributed by atoms with Crippen molar-refractivity contribution in [3.05, 3.63) is 34.9 Å². The van der Waals surface area contributed by atoms with E-state index >= 15 is 0 Å². The zero-order valence-electron chi connectivity index (χ0n) is 11.0. The number of rotatable bonds is 1. The first kappa shape index (κ1) is 12.5. The van der Waals surface area contributed by atoms with Gasteiger partial charge in [0.05, 0.1) is 0 Å². The summed E-state index contributed by atoms with van der Waals surface area (Å²) in [5, 5.41) is 3.61. The summed E-state index contributed by atoms with van der Waals surface area (Å²) in [6, 6.07) is 7.09. The quantitative estimate of drug-likeness (QED) is 0.816. The van der Waals surface area contributed by atoms with Gasteiger partial charge in [-0.1, -0.05) is 25.1 Å². The summed E-state index contributed by atoms with van der Waals surface area (Å²) in [7, 11) is 0. The fourth-order valence-corrected chi connectivity index (χ4v) is 4.05. The van der Waals surface area contributed by atoms with Crippen LogP contribution >= 0.6 is 12.4 Å². The Morgan fingerprint density at radius 3 is 2.78 bits per heavy atom. The number of nitrogens with one attached hydrogen (secondary N) is 1. The van der Waals surface area contributed by atoms with Gasteiger partial charge in [0.2, 0.25) is 0 Å². The highest BCUT2D eigenvalue weighted by molar-refractivity contribution is 5.85. The van der Waals surface area contributed by atoms with Gasteiger partial charge in [0.15, 0.2) is 0 Å². The van der Waals surface area contributed by atoms with E-state index in [0.717, 1.165) is 11.8 Å². The second kappa shape index (κ2) is 4.25. The van der Waals surface area contributed by atoms with E-state index in [2.05, 4.69) is 30.4 Å². The van der Waals surface area contributed by atoms with Crippen molar-refractivity contribution in [1.29, 1.82) is 0 Å². The van der Waals surface area contributed by atoms with Gasteiger partial charge in [0.25, 0.3) is 0 Å². The average Bonchev–Trinajstić information content (AvgIpc) is 3.10. The summed E-state index contributed by atoms with van der Waals surface area (Å²) in [5.41, 5.74) is 5.61. The summed E-state index contributed by atoms with van der Waals surface area (Å²) < 4.78 is 0. The third-order valence-corrected chi connectivity index (χ3v) is 5.31. The highest BCUT2D eigenvalue weighted by Crippen LogP contribution is 2.51. The molecule has 1 nitrogen and oxygen atoms in total. The molecule has 3 aliphatic rings. The Hall–Kier alpha value is -0.530. The zero-order valence-corrected chi connectivity index (χ0v) is 11.9. The molecule has 98 valence electrons. The Morgan fingerprint density at radius 2 is 2.00 bits per heavy atom. The van der Waals surface area contributed by atoms with Crippen molar-refractivity contribution in [3.63, 3.8) is 0 Å². The summed E-state index contributed by atoms with van der Waals surface area (Å²) in [4.78, 5) is 0. The van der Waals surface area contributed by atoms with Gasteiger partial charge >= 0.3 is 0 Å². The molecule has 1 aromatic carbocycles. The molecule has 1 aliphatic heterocycles. The SMILES string of the molecule is C[C@]12CCc3c(C4CC4)cccc3[C@H]1CNC2.Cl. The predicted molar refractivity (Wildman–Crippen MR) is 77.7 cm³/mol. The molecule has 2 fully saturated rings. The molecule has 0 unspecified atom stereocenters. The van der Waals surface area contributed by atoms with E-state index in [9.17, 15) is 0 Å². The van der Waals surface area contributed by atoms with Gasteiger partial charge in [0, 0.05) is 19.0 Å². The van der Waals surface area contributed by atoms with E-state index in [-0.39, 0.29) is 12.4 Å². The van der Waals surface area contributed by atoms with Crippen LogP contribution < -0.4 is 5.32 Å². The molecule has 1 N–H and O–H groups in total. The number of benzene rings is 1. The molecule has 1 saturated carbocycles. The summed E-state index contributed by atoms with van der Waals surface area (Å²) in [5.74, 6) is 1.67. The molecule has 0 radical (unpaired) electrons. The maximum atomic E-state index is 3.61. The van der Waals surface area contributed by atoms with Gasteiger partial charge in [-0.05, 0) is 53.7 Å². The van der Waals surface area contributed by atoms with Gasteiger partial charge in [-0.15, -0.1) is 12.4 Å². The molecule has 0 amide bonds. The minimum Gasteiger partial charge on any atom is -0.316 e. The molecule has 2 atom stereocenters. The van der Waals surface area contributed by atoms with Crippen LogP contribution in [0.1, 0.15) is 54.7 Å². The second-order valence-electron chi connectivity index (χ2n) is 6.53. The fraction of sp³-hybridized carbons (Fsp3) is 0.625. The summed E-state index contributed by atoms with van der Waals surface area (Å²) >= 11 is 0. The number of hydrogen-bond donors (Lipinski definition) is 1. The van der Waals surface area contributed by atoms with Crippen molar-refractivity contribution in [2.24, 2.45) is 5.41 Å². The first-order valence-corrected chi connectivity index (χ1v) is 7.10. The van der Waals surface area contributed by atoms with Crippen molar-refractivity contribution >= 4 is 12.4 Å². The summed E-state index contributed by atoms with van der Waals surface area (Å²) in [6.45, 7) is 4.88. The van der Waals surface area contributed by atoms with Gasteiger partial charge in [-0.3, -0.25) is 0 Å². The Bertz CT molecular complexity index is 466. The number of fused-ring (bicyclic) bond motifs is 3. The molecule has 0 spiro atoms. The lowest BCUT2D eigenvalue weighted by Gasteiger charge is -2.38. The third-order valence-electron chi connectivity index (χ3n) is 5.31. The van der Waals surface area contributed by atoms with Gasteiger partial charge < -0.3 is 5.32 Å². The highest BCUT2D eigenvalue weighted by Gasteiger charge is 2.44. The first-order chi connectivity index (χ1) is 8.28. The lowest BCUT2D eigenvalue weighted by Crippen LogP contribution is -2.30. The van der Waals surface area contributed by atoms with E-state index in [0.29, 0.717) is 5.41 Å². The van der Waals surface area contributed by atoms with Crippen LogP contribution in [0.15, 0.2) is 18.2 Å². The molecule has 0 aromatic heterocycles. The Morgan fingerprint density at radius 1 is 1.22 bits per heavy atom. The lowest BCUT2D eigenvalue weighted by atomic mass is 9.66. The van der Waals surface area contributed by atoms with Crippen LogP contribution in [-0.2, 0) is 6.42 Å². The van der Waals surface area contributed by atoms with E-state index in [1.54, 1.807) is 16.7 Å². The monoisotopic (exact) mass is 263 g/mol. The van der Waals surface area contributed by atoms with Crippen LogP contribution in [-0.4, -0.2) is 13.1 Å². The van der Waals surface area contributed by atoms with Crippen LogP contribution in [0.3, 0.4) is 0 Å². The minimum absolute atomic E-state index is 0. The normalized spacial score (nSPS) is 33.5. The average molecular weight is 264 g/mol. The molecule has 2 heteroatoms. The zero-order chi connectivity index (χ0) is 11.5. The molecular formula is C16H22ClN. The maximum absolute atomic E-state index is 3.61. The topological polar surface area (TPSA) is 12.0 Å². The van der Waals surface area contributed by atoms with E-state index < -0.39 is 0 Å². The van der Waals surface area contributed by atoms with Crippen molar-refractivity contribution in [2.75, 3.05) is 13.1 Å². The van der Waals surface area contributed by atoms with Crippen molar-refractivity contribution < 1.29 is 0 Å². The van der Waals surface area contributed by atoms with E-state index in [4.69, 9.17) is 0 Å². The van der Waals surface area contributed by atoms with Crippen LogP contribution in [0, 0.1) is 5.41 Å². The minimum atomic E-state index is 0. The maximum Gasteiger partial charge on any atom is 0.00323 e. The van der Waals surface area contributed by atoms with Crippen LogP contribution in [0.25, 0.3) is 0 Å². The highest BCUT2D eigenvalue weighted by atomic mass is 35.5. The molecule has 1 aromatic rings. The molecule has 1 heterocycles. The largest absolute Gasteiger partial charge is 0.316 e. The molecule has 18 heavy (non-hydrogen) atoms. The standard InChI is InChI=1S/C16H21N.ClH/c1-16-8-7-13-12(11-5-6-11)3-2-4-14(13)15(16)9-17-10-16;/h2-4,11,15,17H,5-10H2,1H3;1H/t15-,16-;/m1./s1. The lowest BCUT2D eigenvalue weighted by molar-refractivity contribution is 0.277. The Kier molecular flexibility index (Phi) is 2.95. The fourth-order valence-electron chi connectivity index (χ4n) is 4.05. The van der Waals surface area contributed by atoms with Gasteiger partial charge in [-0.25, -0.2) is 0 Å². The van der Waals surface area contributed by atoms with Gasteiger partial charge in [0.1, 0.15) is 0 Å². The summed E-state index contributed by atoms with van der Waals surface area (Å²) in [6.07, 6.45) is 5.55.